The SMILES string of the molecule is CC(C)(C)OC(=O)N1CCC(n2cc(-c3cn4ncc(C#N)c4c(-c4cnc(F)c(F)c4)n3)cn2)CC1. The predicted octanol–water partition coefficient (Wildman–Crippen LogP) is 4.38. The van der Waals surface area contributed by atoms with E-state index < -0.39 is 17.4 Å². The molecule has 0 saturated carbocycles. The minimum atomic E-state index is -1.22. The highest BCUT2D eigenvalue weighted by atomic mass is 19.2. The van der Waals surface area contributed by atoms with Crippen molar-refractivity contribution in [3.8, 4) is 28.6 Å². The Balaban J connectivity index is 1.42. The minimum absolute atomic E-state index is 0.0842. The number of likely N-dealkylation sites (tertiary alicyclic amines) is 1. The van der Waals surface area contributed by atoms with Gasteiger partial charge < -0.3 is 9.64 Å². The van der Waals surface area contributed by atoms with Gasteiger partial charge >= 0.3 is 6.09 Å². The first-order chi connectivity index (χ1) is 17.6. The summed E-state index contributed by atoms with van der Waals surface area (Å²) in [6, 6.07) is 3.13. The molecule has 0 N–H and O–H groups in total. The number of hydrogen-bond donors (Lipinski definition) is 0. The summed E-state index contributed by atoms with van der Waals surface area (Å²) in [4.78, 5) is 22.2. The van der Waals surface area contributed by atoms with Crippen molar-refractivity contribution < 1.29 is 18.3 Å². The second kappa shape index (κ2) is 9.24. The average molecular weight is 507 g/mol. The van der Waals surface area contributed by atoms with Gasteiger partial charge in [-0.15, -0.1) is 0 Å². The quantitative estimate of drug-likeness (QED) is 0.379. The van der Waals surface area contributed by atoms with Crippen molar-refractivity contribution in [2.45, 2.75) is 45.3 Å². The van der Waals surface area contributed by atoms with Crippen LogP contribution in [0.4, 0.5) is 13.6 Å². The summed E-state index contributed by atoms with van der Waals surface area (Å²) in [6.07, 6.45) is 8.83. The van der Waals surface area contributed by atoms with Crippen LogP contribution < -0.4 is 0 Å². The van der Waals surface area contributed by atoms with Crippen molar-refractivity contribution in [1.29, 1.82) is 5.26 Å². The van der Waals surface area contributed by atoms with E-state index in [2.05, 4.69) is 26.2 Å². The fourth-order valence-electron chi connectivity index (χ4n) is 4.30. The Morgan fingerprint density at radius 2 is 1.86 bits per heavy atom. The fraction of sp³-hybridized carbons (Fsp3) is 0.360. The van der Waals surface area contributed by atoms with Crippen LogP contribution in [0.25, 0.3) is 28.0 Å². The number of ether oxygens (including phenoxy) is 1. The van der Waals surface area contributed by atoms with Gasteiger partial charge in [-0.2, -0.15) is 19.8 Å². The minimum Gasteiger partial charge on any atom is -0.444 e. The molecule has 0 bridgehead atoms. The van der Waals surface area contributed by atoms with Crippen molar-refractivity contribution in [1.82, 2.24) is 34.3 Å². The van der Waals surface area contributed by atoms with E-state index in [0.29, 0.717) is 42.7 Å². The number of fused-ring (bicyclic) bond motifs is 1. The van der Waals surface area contributed by atoms with Gasteiger partial charge in [-0.25, -0.2) is 23.7 Å². The molecule has 1 saturated heterocycles. The van der Waals surface area contributed by atoms with Crippen LogP contribution in [0.3, 0.4) is 0 Å². The lowest BCUT2D eigenvalue weighted by Crippen LogP contribution is -2.42. The summed E-state index contributed by atoms with van der Waals surface area (Å²) in [6.45, 7) is 6.63. The Labute approximate surface area is 211 Å². The van der Waals surface area contributed by atoms with Crippen molar-refractivity contribution in [2.75, 3.05) is 13.1 Å². The number of hydrogen-bond acceptors (Lipinski definition) is 7. The zero-order valence-electron chi connectivity index (χ0n) is 20.5. The van der Waals surface area contributed by atoms with Crippen LogP contribution in [0.2, 0.25) is 0 Å². The lowest BCUT2D eigenvalue weighted by atomic mass is 10.1. The van der Waals surface area contributed by atoms with Crippen LogP contribution in [0.15, 0.2) is 37.1 Å². The molecule has 0 radical (unpaired) electrons. The molecule has 10 nitrogen and oxygen atoms in total. The van der Waals surface area contributed by atoms with E-state index in [9.17, 15) is 18.8 Å². The number of aromatic nitrogens is 6. The van der Waals surface area contributed by atoms with Gasteiger partial charge in [-0.3, -0.25) is 4.68 Å². The van der Waals surface area contributed by atoms with Crippen LogP contribution in [-0.4, -0.2) is 59.0 Å². The van der Waals surface area contributed by atoms with E-state index in [-0.39, 0.29) is 29.0 Å². The third-order valence-corrected chi connectivity index (χ3v) is 6.07. The number of piperidine rings is 1. The maximum atomic E-state index is 14.0. The Bertz CT molecular complexity index is 1520. The van der Waals surface area contributed by atoms with Gasteiger partial charge in [0, 0.05) is 36.6 Å². The molecule has 1 aliphatic heterocycles. The van der Waals surface area contributed by atoms with E-state index in [1.807, 2.05) is 31.6 Å². The number of nitriles is 1. The lowest BCUT2D eigenvalue weighted by Gasteiger charge is -2.33. The second-order valence-electron chi connectivity index (χ2n) is 9.84. The first kappa shape index (κ1) is 24.3. The fourth-order valence-corrected chi connectivity index (χ4v) is 4.30. The molecule has 5 heterocycles. The van der Waals surface area contributed by atoms with Crippen LogP contribution >= 0.6 is 0 Å². The topological polar surface area (TPSA) is 114 Å². The molecular weight excluding hydrogens is 482 g/mol. The summed E-state index contributed by atoms with van der Waals surface area (Å²) in [5.74, 6) is -2.34. The molecule has 1 fully saturated rings. The number of carbonyl (C=O) groups is 1. The predicted molar refractivity (Wildman–Crippen MR) is 128 cm³/mol. The zero-order chi connectivity index (χ0) is 26.3. The first-order valence-corrected chi connectivity index (χ1v) is 11.8. The van der Waals surface area contributed by atoms with Gasteiger partial charge in [0.25, 0.3) is 0 Å². The Hall–Kier alpha value is -4.40. The Morgan fingerprint density at radius 3 is 2.54 bits per heavy atom. The smallest absolute Gasteiger partial charge is 0.410 e. The van der Waals surface area contributed by atoms with E-state index in [1.165, 1.54) is 16.9 Å². The van der Waals surface area contributed by atoms with Crippen molar-refractivity contribution in [3.63, 3.8) is 0 Å². The molecule has 1 aliphatic rings. The monoisotopic (exact) mass is 506 g/mol. The van der Waals surface area contributed by atoms with Crippen molar-refractivity contribution in [3.05, 3.63) is 54.4 Å². The standard InChI is InChI=1S/C25H24F2N8O2/c1-25(2,3)37-24(36)33-6-4-18(5-7-33)34-13-17(12-30-34)20-14-35-22(16(9-28)11-31-35)21(32-20)15-8-19(26)23(27)29-10-15/h8,10-14,18H,4-7H2,1-3H3. The number of amides is 1. The van der Waals surface area contributed by atoms with E-state index in [4.69, 9.17) is 4.74 Å². The summed E-state index contributed by atoms with van der Waals surface area (Å²) < 4.78 is 36.2. The summed E-state index contributed by atoms with van der Waals surface area (Å²) in [7, 11) is 0. The molecule has 1 amide bonds. The van der Waals surface area contributed by atoms with Crippen LogP contribution in [-0.2, 0) is 4.74 Å². The highest BCUT2D eigenvalue weighted by molar-refractivity contribution is 5.82. The third-order valence-electron chi connectivity index (χ3n) is 6.07. The maximum Gasteiger partial charge on any atom is 0.410 e. The van der Waals surface area contributed by atoms with Gasteiger partial charge in [0.15, 0.2) is 5.82 Å². The van der Waals surface area contributed by atoms with Gasteiger partial charge in [0.2, 0.25) is 5.95 Å². The maximum absolute atomic E-state index is 14.0. The molecule has 4 aromatic rings. The first-order valence-electron chi connectivity index (χ1n) is 11.8. The van der Waals surface area contributed by atoms with Gasteiger partial charge in [-0.1, -0.05) is 0 Å². The van der Waals surface area contributed by atoms with Crippen LogP contribution in [0, 0.1) is 23.1 Å². The molecule has 0 atom stereocenters. The highest BCUT2D eigenvalue weighted by Crippen LogP contribution is 2.30. The van der Waals surface area contributed by atoms with Gasteiger partial charge in [-0.05, 0) is 39.7 Å². The largest absolute Gasteiger partial charge is 0.444 e. The molecule has 190 valence electrons. The van der Waals surface area contributed by atoms with Crippen molar-refractivity contribution >= 4 is 11.6 Å². The molecule has 0 unspecified atom stereocenters. The molecule has 5 rings (SSSR count). The average Bonchev–Trinajstić information content (AvgIpc) is 3.52. The number of pyridine rings is 1. The molecule has 12 heteroatoms. The normalized spacial score (nSPS) is 14.6. The van der Waals surface area contributed by atoms with Gasteiger partial charge in [0.1, 0.15) is 22.8 Å². The lowest BCUT2D eigenvalue weighted by molar-refractivity contribution is 0.0185. The van der Waals surface area contributed by atoms with E-state index in [0.717, 1.165) is 6.07 Å². The Kier molecular flexibility index (Phi) is 6.07. The molecule has 4 aromatic heterocycles. The van der Waals surface area contributed by atoms with E-state index >= 15 is 0 Å². The molecule has 0 spiro atoms. The molecule has 0 aromatic carbocycles. The Morgan fingerprint density at radius 1 is 1.11 bits per heavy atom. The number of nitrogens with zero attached hydrogens (tertiary/aromatic N) is 8. The number of halogens is 2. The van der Waals surface area contributed by atoms with Gasteiger partial charge in [0.05, 0.1) is 36.0 Å². The summed E-state index contributed by atoms with van der Waals surface area (Å²) >= 11 is 0. The number of carbonyl (C=O) groups excluding carboxylic acids is 1. The molecule has 0 aliphatic carbocycles. The van der Waals surface area contributed by atoms with Crippen LogP contribution in [0.5, 0.6) is 0 Å². The summed E-state index contributed by atoms with van der Waals surface area (Å²) in [5, 5.41) is 18.3. The highest BCUT2D eigenvalue weighted by Gasteiger charge is 2.28. The third kappa shape index (κ3) is 4.84. The zero-order valence-corrected chi connectivity index (χ0v) is 20.5. The van der Waals surface area contributed by atoms with Crippen molar-refractivity contribution in [2.24, 2.45) is 0 Å². The second-order valence-corrected chi connectivity index (χ2v) is 9.84. The van der Waals surface area contributed by atoms with Crippen LogP contribution in [0.1, 0.15) is 45.2 Å². The number of rotatable bonds is 3. The van der Waals surface area contributed by atoms with E-state index in [1.54, 1.807) is 17.3 Å². The summed E-state index contributed by atoms with van der Waals surface area (Å²) in [5.41, 5.74) is 1.68. The molecular formula is C25H24F2N8O2. The molecule has 37 heavy (non-hydrogen) atoms.